The number of carbonyl (C=O) groups is 2. The number of hydrogen-bond acceptors (Lipinski definition) is 5. The van der Waals surface area contributed by atoms with E-state index in [2.05, 4.69) is 10.1 Å². The second-order valence-electron chi connectivity index (χ2n) is 8.00. The van der Waals surface area contributed by atoms with Crippen LogP contribution in [-0.2, 0) is 11.3 Å². The van der Waals surface area contributed by atoms with E-state index >= 15 is 0 Å². The van der Waals surface area contributed by atoms with Gasteiger partial charge in [0.2, 0.25) is 17.6 Å². The Morgan fingerprint density at radius 3 is 2.68 bits per heavy atom. The molecule has 0 radical (unpaired) electrons. The second-order valence-corrected chi connectivity index (χ2v) is 8.00. The van der Waals surface area contributed by atoms with E-state index in [1.54, 1.807) is 4.90 Å². The molecule has 7 nitrogen and oxygen atoms in total. The summed E-state index contributed by atoms with van der Waals surface area (Å²) < 4.78 is 5.47. The summed E-state index contributed by atoms with van der Waals surface area (Å²) in [5.74, 6) is 0.753. The number of nitrogens with zero attached hydrogens (tertiary/aromatic N) is 4. The lowest BCUT2D eigenvalue weighted by Crippen LogP contribution is -2.63. The third kappa shape index (κ3) is 3.19. The molecule has 2 atom stereocenters. The van der Waals surface area contributed by atoms with Gasteiger partial charge in [0, 0.05) is 17.6 Å². The molecule has 1 saturated heterocycles. The number of aromatic nitrogens is 2. The van der Waals surface area contributed by atoms with E-state index in [1.165, 1.54) is 4.90 Å². The summed E-state index contributed by atoms with van der Waals surface area (Å²) >= 11 is 0. The lowest BCUT2D eigenvalue weighted by Gasteiger charge is -2.47. The molecule has 0 N–H and O–H groups in total. The Labute approximate surface area is 164 Å². The van der Waals surface area contributed by atoms with Crippen LogP contribution in [0.4, 0.5) is 4.79 Å². The normalized spacial score (nSPS) is 22.7. The van der Waals surface area contributed by atoms with Crippen LogP contribution >= 0.6 is 0 Å². The number of hydrogen-bond donors (Lipinski definition) is 0. The summed E-state index contributed by atoms with van der Waals surface area (Å²) in [6, 6.07) is 7.34. The smallest absolute Gasteiger partial charge is 0.327 e. The predicted molar refractivity (Wildman–Crippen MR) is 103 cm³/mol. The maximum atomic E-state index is 13.1. The first-order valence-electron chi connectivity index (χ1n) is 9.99. The topological polar surface area (TPSA) is 79.5 Å². The van der Waals surface area contributed by atoms with Crippen LogP contribution in [-0.4, -0.2) is 44.0 Å². The van der Waals surface area contributed by atoms with Crippen LogP contribution in [0.5, 0.6) is 0 Å². The molecule has 0 bridgehead atoms. The summed E-state index contributed by atoms with van der Waals surface area (Å²) in [7, 11) is 0. The van der Waals surface area contributed by atoms with Crippen LogP contribution in [0.3, 0.4) is 0 Å². The van der Waals surface area contributed by atoms with Gasteiger partial charge in [-0.25, -0.2) is 4.79 Å². The molecule has 2 fully saturated rings. The SMILES string of the molecule is Cc1ccccc1-c1noc(CN2C(=O)N(C(C)C)C(=O)C3CCCCC32)n1. The number of aryl methyl sites for hydroxylation is 1. The monoisotopic (exact) mass is 382 g/mol. The molecule has 2 unspecified atom stereocenters. The minimum Gasteiger partial charge on any atom is -0.337 e. The van der Waals surface area contributed by atoms with Gasteiger partial charge in [-0.1, -0.05) is 42.3 Å². The zero-order valence-electron chi connectivity index (χ0n) is 16.6. The maximum absolute atomic E-state index is 13.1. The van der Waals surface area contributed by atoms with Gasteiger partial charge < -0.3 is 9.42 Å². The van der Waals surface area contributed by atoms with E-state index in [1.807, 2.05) is 45.0 Å². The largest absolute Gasteiger partial charge is 0.337 e. The van der Waals surface area contributed by atoms with Gasteiger partial charge in [-0.2, -0.15) is 4.98 Å². The molecule has 0 spiro atoms. The van der Waals surface area contributed by atoms with Gasteiger partial charge in [0.1, 0.15) is 6.54 Å². The number of imide groups is 1. The van der Waals surface area contributed by atoms with Crippen molar-refractivity contribution in [3.05, 3.63) is 35.7 Å². The molecule has 3 amide bonds. The van der Waals surface area contributed by atoms with Crippen LogP contribution in [0, 0.1) is 12.8 Å². The Hall–Kier alpha value is -2.70. The molecule has 7 heteroatoms. The highest BCUT2D eigenvalue weighted by Gasteiger charge is 2.48. The molecule has 1 aliphatic heterocycles. The van der Waals surface area contributed by atoms with Gasteiger partial charge >= 0.3 is 6.03 Å². The fourth-order valence-electron chi connectivity index (χ4n) is 4.38. The molecular weight excluding hydrogens is 356 g/mol. The van der Waals surface area contributed by atoms with Crippen molar-refractivity contribution in [2.45, 2.75) is 65.1 Å². The van der Waals surface area contributed by atoms with Crippen molar-refractivity contribution < 1.29 is 14.1 Å². The maximum Gasteiger partial charge on any atom is 0.327 e. The highest BCUT2D eigenvalue weighted by molar-refractivity contribution is 5.99. The lowest BCUT2D eigenvalue weighted by atomic mass is 9.81. The van der Waals surface area contributed by atoms with Crippen molar-refractivity contribution in [3.63, 3.8) is 0 Å². The Morgan fingerprint density at radius 2 is 1.93 bits per heavy atom. The van der Waals surface area contributed by atoms with E-state index < -0.39 is 0 Å². The fourth-order valence-corrected chi connectivity index (χ4v) is 4.38. The quantitative estimate of drug-likeness (QED) is 0.804. The summed E-state index contributed by atoms with van der Waals surface area (Å²) in [4.78, 5) is 33.7. The molecule has 2 aromatic rings. The minimum atomic E-state index is -0.251. The fraction of sp³-hybridized carbons (Fsp3) is 0.524. The molecule has 1 aliphatic carbocycles. The Bertz CT molecular complexity index is 891. The minimum absolute atomic E-state index is 0.0351. The van der Waals surface area contributed by atoms with Crippen molar-refractivity contribution in [2.24, 2.45) is 5.92 Å². The second kappa shape index (κ2) is 7.37. The van der Waals surface area contributed by atoms with Crippen LogP contribution in [0.25, 0.3) is 11.4 Å². The molecule has 2 heterocycles. The summed E-state index contributed by atoms with van der Waals surface area (Å²) in [5, 5.41) is 4.11. The van der Waals surface area contributed by atoms with Crippen LogP contribution in [0.15, 0.2) is 28.8 Å². The zero-order chi connectivity index (χ0) is 19.8. The van der Waals surface area contributed by atoms with Gasteiger partial charge in [0.05, 0.1) is 5.92 Å². The molecule has 2 aliphatic rings. The Morgan fingerprint density at radius 1 is 1.18 bits per heavy atom. The van der Waals surface area contributed by atoms with E-state index in [-0.39, 0.29) is 36.5 Å². The number of urea groups is 1. The van der Waals surface area contributed by atoms with Crippen molar-refractivity contribution in [3.8, 4) is 11.4 Å². The van der Waals surface area contributed by atoms with E-state index in [0.717, 1.165) is 36.8 Å². The number of rotatable bonds is 4. The van der Waals surface area contributed by atoms with Gasteiger partial charge in [-0.3, -0.25) is 9.69 Å². The standard InChI is InChI=1S/C21H26N4O3/c1-13(2)25-20(26)16-10-6-7-11-17(16)24(21(25)27)12-18-22-19(23-28-18)15-9-5-4-8-14(15)3/h4-5,8-9,13,16-17H,6-7,10-12H2,1-3H3. The number of amides is 3. The van der Waals surface area contributed by atoms with E-state index in [0.29, 0.717) is 11.7 Å². The van der Waals surface area contributed by atoms with Crippen molar-refractivity contribution >= 4 is 11.9 Å². The van der Waals surface area contributed by atoms with Crippen LogP contribution < -0.4 is 0 Å². The first kappa shape index (κ1) is 18.7. The Balaban J connectivity index is 1.61. The first-order valence-corrected chi connectivity index (χ1v) is 9.99. The van der Waals surface area contributed by atoms with Crippen molar-refractivity contribution in [2.75, 3.05) is 0 Å². The summed E-state index contributed by atoms with van der Waals surface area (Å²) in [5.41, 5.74) is 1.98. The highest BCUT2D eigenvalue weighted by atomic mass is 16.5. The number of fused-ring (bicyclic) bond motifs is 1. The van der Waals surface area contributed by atoms with Crippen LogP contribution in [0.2, 0.25) is 0 Å². The highest BCUT2D eigenvalue weighted by Crippen LogP contribution is 2.36. The third-order valence-electron chi connectivity index (χ3n) is 5.81. The average Bonchev–Trinajstić information content (AvgIpc) is 3.14. The Kier molecular flexibility index (Phi) is 4.91. The molecule has 1 aromatic heterocycles. The van der Waals surface area contributed by atoms with Gasteiger partial charge in [-0.05, 0) is 39.2 Å². The van der Waals surface area contributed by atoms with Crippen LogP contribution in [0.1, 0.15) is 51.0 Å². The summed E-state index contributed by atoms with van der Waals surface area (Å²) in [6.45, 7) is 5.98. The van der Waals surface area contributed by atoms with Crippen molar-refractivity contribution in [1.29, 1.82) is 0 Å². The van der Waals surface area contributed by atoms with Gasteiger partial charge in [-0.15, -0.1) is 0 Å². The van der Waals surface area contributed by atoms with Gasteiger partial charge in [0.15, 0.2) is 0 Å². The van der Waals surface area contributed by atoms with Gasteiger partial charge in [0.25, 0.3) is 0 Å². The molecule has 1 aromatic carbocycles. The molecule has 1 saturated carbocycles. The molecule has 4 rings (SSSR count). The zero-order valence-corrected chi connectivity index (χ0v) is 16.6. The lowest BCUT2D eigenvalue weighted by molar-refractivity contribution is -0.142. The number of carbonyl (C=O) groups excluding carboxylic acids is 2. The predicted octanol–water partition coefficient (Wildman–Crippen LogP) is 3.78. The third-order valence-corrected chi connectivity index (χ3v) is 5.81. The average molecular weight is 382 g/mol. The van der Waals surface area contributed by atoms with E-state index in [9.17, 15) is 9.59 Å². The first-order chi connectivity index (χ1) is 13.5. The molecule has 148 valence electrons. The van der Waals surface area contributed by atoms with E-state index in [4.69, 9.17) is 4.52 Å². The number of benzene rings is 1. The van der Waals surface area contributed by atoms with Crippen molar-refractivity contribution in [1.82, 2.24) is 19.9 Å². The molecular formula is C21H26N4O3. The summed E-state index contributed by atoms with van der Waals surface area (Å²) in [6.07, 6.45) is 3.72. The molecule has 28 heavy (non-hydrogen) atoms.